The monoisotopic (exact) mass is 764 g/mol. The maximum atomic E-state index is 13.1. The van der Waals surface area contributed by atoms with Gasteiger partial charge in [-0.15, -0.1) is 0 Å². The highest BCUT2D eigenvalue weighted by Crippen LogP contribution is 2.44. The van der Waals surface area contributed by atoms with E-state index in [4.69, 9.17) is 4.74 Å². The number of phenols is 1. The molecule has 5 N–H and O–H groups in total. The second-order valence-electron chi connectivity index (χ2n) is 15.2. The first-order valence-corrected chi connectivity index (χ1v) is 19.7. The van der Waals surface area contributed by atoms with Crippen LogP contribution in [-0.4, -0.2) is 64.0 Å². The van der Waals surface area contributed by atoms with E-state index in [1.165, 1.54) is 12.1 Å². The SMILES string of the molecule is O=C(O)N(c1cccc(OCc2cccc(-c3ccc(CCNC[C@H](O)c4ccc(O)c5[nH]c(=O)ccc45)cc3)c2)c1)[C@@H](c1ccccc1)C1CN2CCC1CC2. The standard InChI is InChI=1S/C47H48N4O6/c52-42-18-16-39(40-17-19-44(54)49-45(40)42)43(53)28-48-23-20-31-12-14-33(15-13-31)36-9-4-6-32(26-36)30-57-38-11-5-10-37(27-38)51(47(55)56)46(35-7-2-1-3-8-35)41-29-50-24-21-34(41)22-25-50/h1-19,26-27,34,41,43,46,48,52-53H,20-25,28-30H2,(H,49,54)(H,55,56)/t41?,43-,46-/m0/s1. The molecule has 3 aliphatic rings. The number of aromatic hydroxyl groups is 1. The van der Waals surface area contributed by atoms with Crippen LogP contribution in [0.5, 0.6) is 11.5 Å². The number of aromatic amines is 1. The van der Waals surface area contributed by atoms with Gasteiger partial charge in [0.15, 0.2) is 0 Å². The number of carboxylic acid groups (broad SMARTS) is 1. The summed E-state index contributed by atoms with van der Waals surface area (Å²) in [6.07, 6.45) is 1.20. The third-order valence-corrected chi connectivity index (χ3v) is 11.6. The Morgan fingerprint density at radius 2 is 1.65 bits per heavy atom. The van der Waals surface area contributed by atoms with Crippen LogP contribution < -0.4 is 20.5 Å². The first kappa shape index (κ1) is 38.0. The lowest BCUT2D eigenvalue weighted by Crippen LogP contribution is -2.53. The van der Waals surface area contributed by atoms with Gasteiger partial charge in [0.2, 0.25) is 5.56 Å². The van der Waals surface area contributed by atoms with Gasteiger partial charge in [-0.1, -0.05) is 84.9 Å². The van der Waals surface area contributed by atoms with Crippen LogP contribution >= 0.6 is 0 Å². The van der Waals surface area contributed by atoms with E-state index < -0.39 is 12.2 Å². The van der Waals surface area contributed by atoms with Gasteiger partial charge >= 0.3 is 6.09 Å². The molecule has 3 atom stereocenters. The van der Waals surface area contributed by atoms with Crippen LogP contribution in [-0.2, 0) is 13.0 Å². The number of aliphatic hydroxyl groups excluding tert-OH is 1. The van der Waals surface area contributed by atoms with Crippen LogP contribution in [0.15, 0.2) is 132 Å². The molecule has 57 heavy (non-hydrogen) atoms. The lowest BCUT2D eigenvalue weighted by atomic mass is 9.73. The molecule has 10 nitrogen and oxygen atoms in total. The quantitative estimate of drug-likeness (QED) is 0.0706. The molecule has 3 saturated heterocycles. The molecule has 0 aliphatic carbocycles. The fourth-order valence-corrected chi connectivity index (χ4v) is 8.72. The van der Waals surface area contributed by atoms with E-state index in [-0.39, 0.29) is 23.3 Å². The molecular weight excluding hydrogens is 717 g/mol. The van der Waals surface area contributed by atoms with E-state index in [1.807, 2.05) is 54.6 Å². The van der Waals surface area contributed by atoms with Gasteiger partial charge in [-0.05, 0) is 114 Å². The normalized spacial score (nSPS) is 18.6. The Balaban J connectivity index is 0.887. The highest BCUT2D eigenvalue weighted by molar-refractivity contribution is 5.88. The second-order valence-corrected chi connectivity index (χ2v) is 15.2. The summed E-state index contributed by atoms with van der Waals surface area (Å²) in [5, 5.41) is 35.7. The first-order valence-electron chi connectivity index (χ1n) is 19.7. The molecule has 3 fully saturated rings. The molecule has 3 aliphatic heterocycles. The number of aromatic nitrogens is 1. The topological polar surface area (TPSA) is 138 Å². The Labute approximate surface area is 332 Å². The molecule has 4 heterocycles. The van der Waals surface area contributed by atoms with Gasteiger partial charge in [-0.3, -0.25) is 9.69 Å². The number of phenolic OH excluding ortho intramolecular Hbond substituents is 1. The summed E-state index contributed by atoms with van der Waals surface area (Å²) < 4.78 is 6.31. The molecule has 9 rings (SSSR count). The Hall–Kier alpha value is -5.94. The molecule has 6 aromatic rings. The van der Waals surface area contributed by atoms with Crippen molar-refractivity contribution >= 4 is 22.7 Å². The molecule has 0 spiro atoms. The van der Waals surface area contributed by atoms with Crippen molar-refractivity contribution in [2.24, 2.45) is 11.8 Å². The lowest BCUT2D eigenvalue weighted by molar-refractivity contribution is 0.0358. The van der Waals surface area contributed by atoms with E-state index in [0.717, 1.165) is 66.7 Å². The number of piperidine rings is 3. The van der Waals surface area contributed by atoms with Crippen LogP contribution in [0.2, 0.25) is 0 Å². The number of fused-ring (bicyclic) bond motifs is 4. The fourth-order valence-electron chi connectivity index (χ4n) is 8.72. The van der Waals surface area contributed by atoms with Crippen molar-refractivity contribution in [3.8, 4) is 22.6 Å². The molecule has 292 valence electrons. The van der Waals surface area contributed by atoms with E-state index in [9.17, 15) is 24.9 Å². The number of carbonyl (C=O) groups is 1. The minimum atomic E-state index is -0.967. The average molecular weight is 765 g/mol. The molecule has 5 aromatic carbocycles. The number of nitrogens with one attached hydrogen (secondary N) is 2. The first-order chi connectivity index (χ1) is 27.8. The number of pyridine rings is 1. The lowest BCUT2D eigenvalue weighted by Gasteiger charge is -2.49. The van der Waals surface area contributed by atoms with E-state index >= 15 is 0 Å². The molecule has 2 bridgehead atoms. The van der Waals surface area contributed by atoms with Gasteiger partial charge in [0.25, 0.3) is 0 Å². The maximum Gasteiger partial charge on any atom is 0.412 e. The number of nitrogens with zero attached hydrogens (tertiary/aromatic N) is 2. The van der Waals surface area contributed by atoms with Crippen LogP contribution in [0, 0.1) is 11.8 Å². The highest BCUT2D eigenvalue weighted by Gasteiger charge is 2.43. The zero-order valence-electron chi connectivity index (χ0n) is 31.8. The number of ether oxygens (including phenoxy) is 1. The number of hydrogen-bond donors (Lipinski definition) is 5. The molecule has 1 aromatic heterocycles. The minimum absolute atomic E-state index is 0.0331. The van der Waals surface area contributed by atoms with Gasteiger partial charge < -0.3 is 35.3 Å². The van der Waals surface area contributed by atoms with Crippen LogP contribution in [0.25, 0.3) is 22.0 Å². The number of anilines is 1. The zero-order valence-corrected chi connectivity index (χ0v) is 31.8. The van der Waals surface area contributed by atoms with E-state index in [0.29, 0.717) is 53.5 Å². The van der Waals surface area contributed by atoms with Crippen molar-refractivity contribution in [2.75, 3.05) is 37.6 Å². The number of hydrogen-bond acceptors (Lipinski definition) is 7. The predicted molar refractivity (Wildman–Crippen MR) is 223 cm³/mol. The number of H-pyrrole nitrogens is 1. The summed E-state index contributed by atoms with van der Waals surface area (Å²) in [5.74, 6) is 1.28. The summed E-state index contributed by atoms with van der Waals surface area (Å²) in [6, 6.07) is 40.1. The van der Waals surface area contributed by atoms with Crippen LogP contribution in [0.1, 0.15) is 47.2 Å². The molecule has 10 heteroatoms. The molecular formula is C47H48N4O6. The molecule has 0 radical (unpaired) electrons. The zero-order chi connectivity index (χ0) is 39.3. The van der Waals surface area contributed by atoms with E-state index in [1.54, 1.807) is 17.0 Å². The van der Waals surface area contributed by atoms with Crippen LogP contribution in [0.4, 0.5) is 10.5 Å². The number of benzene rings is 5. The van der Waals surface area contributed by atoms with Crippen molar-refractivity contribution in [3.63, 3.8) is 0 Å². The maximum absolute atomic E-state index is 13.1. The van der Waals surface area contributed by atoms with Gasteiger partial charge in [0.1, 0.15) is 18.1 Å². The smallest absolute Gasteiger partial charge is 0.412 e. The largest absolute Gasteiger partial charge is 0.506 e. The predicted octanol–water partition coefficient (Wildman–Crippen LogP) is 7.91. The Morgan fingerprint density at radius 1 is 0.860 bits per heavy atom. The van der Waals surface area contributed by atoms with Crippen molar-refractivity contribution in [1.82, 2.24) is 15.2 Å². The second kappa shape index (κ2) is 17.1. The summed E-state index contributed by atoms with van der Waals surface area (Å²) in [6.45, 7) is 4.39. The van der Waals surface area contributed by atoms with Crippen molar-refractivity contribution in [1.29, 1.82) is 0 Å². The summed E-state index contributed by atoms with van der Waals surface area (Å²) in [5.41, 5.74) is 6.58. The third kappa shape index (κ3) is 8.58. The Kier molecular flexibility index (Phi) is 11.4. The molecule has 1 amide bonds. The number of aliphatic hydroxyl groups is 1. The van der Waals surface area contributed by atoms with E-state index in [2.05, 4.69) is 63.7 Å². The van der Waals surface area contributed by atoms with Crippen LogP contribution in [0.3, 0.4) is 0 Å². The Morgan fingerprint density at radius 3 is 2.40 bits per heavy atom. The van der Waals surface area contributed by atoms with Crippen molar-refractivity contribution < 1.29 is 24.9 Å². The van der Waals surface area contributed by atoms with Gasteiger partial charge in [-0.25, -0.2) is 4.79 Å². The third-order valence-electron chi connectivity index (χ3n) is 11.6. The summed E-state index contributed by atoms with van der Waals surface area (Å²) in [4.78, 5) is 31.5. The van der Waals surface area contributed by atoms with Crippen molar-refractivity contribution in [2.45, 2.75) is 38.0 Å². The van der Waals surface area contributed by atoms with Crippen molar-refractivity contribution in [3.05, 3.63) is 160 Å². The minimum Gasteiger partial charge on any atom is -0.506 e. The Bertz CT molecular complexity index is 2370. The average Bonchev–Trinajstić information content (AvgIpc) is 3.24. The van der Waals surface area contributed by atoms with Gasteiger partial charge in [-0.2, -0.15) is 0 Å². The molecule has 0 saturated carbocycles. The summed E-state index contributed by atoms with van der Waals surface area (Å²) >= 11 is 0. The van der Waals surface area contributed by atoms with Gasteiger partial charge in [0, 0.05) is 30.6 Å². The van der Waals surface area contributed by atoms with Gasteiger partial charge in [0.05, 0.1) is 23.3 Å². The number of rotatable bonds is 14. The fraction of sp³-hybridized carbons (Fsp3) is 0.277. The number of amides is 1. The molecule has 1 unspecified atom stereocenters. The summed E-state index contributed by atoms with van der Waals surface area (Å²) in [7, 11) is 0. The highest BCUT2D eigenvalue weighted by atomic mass is 16.5.